The van der Waals surface area contributed by atoms with Crippen molar-refractivity contribution in [1.29, 1.82) is 0 Å². The van der Waals surface area contributed by atoms with Crippen molar-refractivity contribution in [1.82, 2.24) is 9.78 Å². The van der Waals surface area contributed by atoms with E-state index in [0.29, 0.717) is 19.0 Å². The molecule has 1 saturated carbocycles. The second kappa shape index (κ2) is 5.21. The van der Waals surface area contributed by atoms with Crippen LogP contribution in [-0.4, -0.2) is 40.2 Å². The van der Waals surface area contributed by atoms with Crippen LogP contribution in [0.5, 0.6) is 5.75 Å². The molecule has 1 aromatic rings. The van der Waals surface area contributed by atoms with Crippen LogP contribution in [-0.2, 0) is 4.74 Å². The molecule has 2 heterocycles. The normalized spacial score (nSPS) is 23.9. The minimum atomic E-state index is -0.989. The summed E-state index contributed by atoms with van der Waals surface area (Å²) < 4.78 is 12.6. The van der Waals surface area contributed by atoms with Crippen molar-refractivity contribution < 1.29 is 19.4 Å². The lowest BCUT2D eigenvalue weighted by molar-refractivity contribution is 0.0671. The molecule has 1 aliphatic heterocycles. The Labute approximate surface area is 111 Å². The lowest BCUT2D eigenvalue weighted by Crippen LogP contribution is -2.19. The van der Waals surface area contributed by atoms with Gasteiger partial charge in [-0.3, -0.25) is 0 Å². The third-order valence-electron chi connectivity index (χ3n) is 3.81. The van der Waals surface area contributed by atoms with Gasteiger partial charge in [-0.2, -0.15) is 5.10 Å². The minimum Gasteiger partial charge on any atom is -0.486 e. The lowest BCUT2D eigenvalue weighted by Gasteiger charge is -2.14. The monoisotopic (exact) mass is 266 g/mol. The van der Waals surface area contributed by atoms with E-state index in [1.165, 1.54) is 6.20 Å². The van der Waals surface area contributed by atoms with E-state index in [-0.39, 0.29) is 17.8 Å². The Morgan fingerprint density at radius 1 is 1.42 bits per heavy atom. The van der Waals surface area contributed by atoms with E-state index in [0.717, 1.165) is 32.1 Å². The summed E-state index contributed by atoms with van der Waals surface area (Å²) in [6.45, 7) is 1.17. The van der Waals surface area contributed by atoms with Crippen LogP contribution in [0, 0.1) is 0 Å². The molecule has 6 nitrogen and oxygen atoms in total. The van der Waals surface area contributed by atoms with E-state index in [4.69, 9.17) is 9.47 Å². The maximum atomic E-state index is 11.5. The molecule has 104 valence electrons. The molecule has 3 rings (SSSR count). The van der Waals surface area contributed by atoms with Gasteiger partial charge in [-0.25, -0.2) is 9.48 Å². The molecular formula is C13H18N2O4. The van der Waals surface area contributed by atoms with Crippen molar-refractivity contribution >= 4 is 5.97 Å². The van der Waals surface area contributed by atoms with Gasteiger partial charge in [-0.05, 0) is 32.1 Å². The quantitative estimate of drug-likeness (QED) is 0.900. The summed E-state index contributed by atoms with van der Waals surface area (Å²) in [6, 6.07) is 0.00651. The maximum absolute atomic E-state index is 11.5. The van der Waals surface area contributed by atoms with Crippen LogP contribution in [0.4, 0.5) is 0 Å². The highest BCUT2D eigenvalue weighted by molar-refractivity contribution is 5.88. The standard InChI is InChI=1S/C13H18N2O4/c16-13(17)12-11(19-10-3-1-2-4-10)7-14-15(12)9-5-6-18-8-9/h7,9-10H,1-6,8H2,(H,16,17). The molecule has 1 saturated heterocycles. The van der Waals surface area contributed by atoms with Gasteiger partial charge in [0.1, 0.15) is 0 Å². The summed E-state index contributed by atoms with van der Waals surface area (Å²) in [7, 11) is 0. The van der Waals surface area contributed by atoms with Crippen molar-refractivity contribution in [3.63, 3.8) is 0 Å². The third-order valence-corrected chi connectivity index (χ3v) is 3.81. The Morgan fingerprint density at radius 3 is 2.84 bits per heavy atom. The first-order chi connectivity index (χ1) is 9.25. The third kappa shape index (κ3) is 2.45. The van der Waals surface area contributed by atoms with Gasteiger partial charge in [0.25, 0.3) is 0 Å². The van der Waals surface area contributed by atoms with Gasteiger partial charge in [-0.1, -0.05) is 0 Å². The highest BCUT2D eigenvalue weighted by atomic mass is 16.5. The molecule has 6 heteroatoms. The molecule has 1 aromatic heterocycles. The lowest BCUT2D eigenvalue weighted by atomic mass is 10.2. The van der Waals surface area contributed by atoms with Gasteiger partial charge in [-0.15, -0.1) is 0 Å². The molecule has 0 radical (unpaired) electrons. The van der Waals surface area contributed by atoms with Gasteiger partial charge in [0.15, 0.2) is 11.4 Å². The zero-order valence-electron chi connectivity index (χ0n) is 10.7. The smallest absolute Gasteiger partial charge is 0.358 e. The van der Waals surface area contributed by atoms with Crippen LogP contribution >= 0.6 is 0 Å². The molecule has 1 atom stereocenters. The summed E-state index contributed by atoms with van der Waals surface area (Å²) in [4.78, 5) is 11.5. The van der Waals surface area contributed by atoms with Crippen LogP contribution in [0.15, 0.2) is 6.20 Å². The molecule has 0 aromatic carbocycles. The van der Waals surface area contributed by atoms with Crippen LogP contribution < -0.4 is 4.74 Å². The average Bonchev–Trinajstić information content (AvgIpc) is 3.09. The predicted octanol–water partition coefficient (Wildman–Crippen LogP) is 1.86. The summed E-state index contributed by atoms with van der Waals surface area (Å²) in [5.74, 6) is -0.594. The fourth-order valence-corrected chi connectivity index (χ4v) is 2.81. The minimum absolute atomic E-state index is 0.00651. The van der Waals surface area contributed by atoms with Gasteiger partial charge in [0.05, 0.1) is 24.9 Å². The van der Waals surface area contributed by atoms with E-state index in [1.54, 1.807) is 4.68 Å². The molecule has 0 spiro atoms. The Kier molecular flexibility index (Phi) is 3.42. The molecule has 2 fully saturated rings. The van der Waals surface area contributed by atoms with E-state index >= 15 is 0 Å². The van der Waals surface area contributed by atoms with E-state index in [2.05, 4.69) is 5.10 Å². The number of nitrogens with zero attached hydrogens (tertiary/aromatic N) is 2. The van der Waals surface area contributed by atoms with Crippen molar-refractivity contribution in [3.8, 4) is 5.75 Å². The number of aromatic nitrogens is 2. The maximum Gasteiger partial charge on any atom is 0.358 e. The van der Waals surface area contributed by atoms with Crippen LogP contribution in [0.2, 0.25) is 0 Å². The fraction of sp³-hybridized carbons (Fsp3) is 0.692. The molecular weight excluding hydrogens is 248 g/mol. The first kappa shape index (κ1) is 12.5. The number of ether oxygens (including phenoxy) is 2. The number of rotatable bonds is 4. The van der Waals surface area contributed by atoms with Gasteiger partial charge in [0, 0.05) is 6.61 Å². The van der Waals surface area contributed by atoms with Crippen molar-refractivity contribution in [2.24, 2.45) is 0 Å². The SMILES string of the molecule is O=C(O)c1c(OC2CCCC2)cnn1C1CCOC1. The Balaban J connectivity index is 1.84. The highest BCUT2D eigenvalue weighted by Crippen LogP contribution is 2.29. The van der Waals surface area contributed by atoms with Crippen molar-refractivity contribution in [2.45, 2.75) is 44.2 Å². The first-order valence-corrected chi connectivity index (χ1v) is 6.81. The Morgan fingerprint density at radius 2 is 2.21 bits per heavy atom. The predicted molar refractivity (Wildman–Crippen MR) is 66.5 cm³/mol. The highest BCUT2D eigenvalue weighted by Gasteiger charge is 2.28. The molecule has 19 heavy (non-hydrogen) atoms. The summed E-state index contributed by atoms with van der Waals surface area (Å²) in [6.07, 6.45) is 6.75. The second-order valence-electron chi connectivity index (χ2n) is 5.15. The molecule has 0 bridgehead atoms. The van der Waals surface area contributed by atoms with Crippen LogP contribution in [0.25, 0.3) is 0 Å². The van der Waals surface area contributed by atoms with Crippen molar-refractivity contribution in [3.05, 3.63) is 11.9 Å². The molecule has 2 aliphatic rings. The average molecular weight is 266 g/mol. The van der Waals surface area contributed by atoms with Crippen molar-refractivity contribution in [2.75, 3.05) is 13.2 Å². The largest absolute Gasteiger partial charge is 0.486 e. The molecule has 0 amide bonds. The van der Waals surface area contributed by atoms with E-state index in [1.807, 2.05) is 0 Å². The Hall–Kier alpha value is -1.56. The van der Waals surface area contributed by atoms with Gasteiger partial charge in [0.2, 0.25) is 0 Å². The topological polar surface area (TPSA) is 73.6 Å². The zero-order valence-corrected chi connectivity index (χ0v) is 10.7. The molecule has 1 unspecified atom stereocenters. The zero-order chi connectivity index (χ0) is 13.2. The van der Waals surface area contributed by atoms with E-state index < -0.39 is 5.97 Å². The van der Waals surface area contributed by atoms with Crippen LogP contribution in [0.3, 0.4) is 0 Å². The Bertz CT molecular complexity index is 459. The second-order valence-corrected chi connectivity index (χ2v) is 5.15. The number of carboxylic acid groups (broad SMARTS) is 1. The summed E-state index contributed by atoms with van der Waals surface area (Å²) in [5, 5.41) is 13.6. The summed E-state index contributed by atoms with van der Waals surface area (Å²) in [5.41, 5.74) is 0.155. The van der Waals surface area contributed by atoms with Gasteiger partial charge < -0.3 is 14.6 Å². The fourth-order valence-electron chi connectivity index (χ4n) is 2.81. The summed E-state index contributed by atoms with van der Waals surface area (Å²) >= 11 is 0. The number of hydrogen-bond donors (Lipinski definition) is 1. The molecule has 1 N–H and O–H groups in total. The number of carbonyl (C=O) groups is 1. The van der Waals surface area contributed by atoms with E-state index in [9.17, 15) is 9.90 Å². The number of carboxylic acids is 1. The number of aromatic carboxylic acids is 1. The molecule has 1 aliphatic carbocycles. The van der Waals surface area contributed by atoms with Crippen LogP contribution in [0.1, 0.15) is 48.6 Å². The first-order valence-electron chi connectivity index (χ1n) is 6.81. The van der Waals surface area contributed by atoms with Gasteiger partial charge >= 0.3 is 5.97 Å². The number of hydrogen-bond acceptors (Lipinski definition) is 4.